The Morgan fingerprint density at radius 2 is 2.09 bits per heavy atom. The molecule has 10 heteroatoms. The van der Waals surface area contributed by atoms with Gasteiger partial charge in [0.05, 0.1) is 17.2 Å². The van der Waals surface area contributed by atoms with Gasteiger partial charge >= 0.3 is 12.2 Å². The SMILES string of the molecule is Cc1ccc([N+](=O)[O-])cc1NC(=O)N(C)CC(O)C(F)(F)F. The monoisotopic (exact) mass is 321 g/mol. The van der Waals surface area contributed by atoms with Gasteiger partial charge in [-0.25, -0.2) is 4.79 Å². The van der Waals surface area contributed by atoms with Crippen molar-refractivity contribution in [3.8, 4) is 0 Å². The summed E-state index contributed by atoms with van der Waals surface area (Å²) in [5.74, 6) is 0. The van der Waals surface area contributed by atoms with Gasteiger partial charge in [-0.1, -0.05) is 6.07 Å². The maximum absolute atomic E-state index is 12.2. The summed E-state index contributed by atoms with van der Waals surface area (Å²) in [5.41, 5.74) is 0.343. The number of nitrogens with one attached hydrogen (secondary N) is 1. The number of urea groups is 1. The molecule has 122 valence electrons. The number of nitro benzene ring substituents is 1. The lowest BCUT2D eigenvalue weighted by atomic mass is 10.2. The Bertz CT molecular complexity index is 577. The van der Waals surface area contributed by atoms with Crippen molar-refractivity contribution in [3.05, 3.63) is 33.9 Å². The summed E-state index contributed by atoms with van der Waals surface area (Å²) in [6.07, 6.45) is -7.51. The molecule has 0 saturated carbocycles. The van der Waals surface area contributed by atoms with Gasteiger partial charge in [0.1, 0.15) is 0 Å². The van der Waals surface area contributed by atoms with E-state index in [2.05, 4.69) is 5.32 Å². The maximum Gasteiger partial charge on any atom is 0.416 e. The standard InChI is InChI=1S/C12H14F3N3O4/c1-7-3-4-8(18(21)22)5-9(7)16-11(20)17(2)6-10(19)12(13,14)15/h3-5,10,19H,6H2,1-2H3,(H,16,20). The number of hydrogen-bond acceptors (Lipinski definition) is 4. The lowest BCUT2D eigenvalue weighted by Crippen LogP contribution is -2.43. The third-order valence-corrected chi connectivity index (χ3v) is 2.84. The van der Waals surface area contributed by atoms with Crippen LogP contribution >= 0.6 is 0 Å². The first-order chi connectivity index (χ1) is 10.0. The first-order valence-corrected chi connectivity index (χ1v) is 6.04. The second-order valence-electron chi connectivity index (χ2n) is 4.62. The van der Waals surface area contributed by atoms with Gasteiger partial charge in [0, 0.05) is 19.2 Å². The van der Waals surface area contributed by atoms with Crippen molar-refractivity contribution in [2.75, 3.05) is 18.9 Å². The molecule has 2 N–H and O–H groups in total. The number of halogens is 3. The number of carbonyl (C=O) groups is 1. The van der Waals surface area contributed by atoms with Gasteiger partial charge in [-0.3, -0.25) is 10.1 Å². The molecule has 0 saturated heterocycles. The Kier molecular flexibility index (Phi) is 5.31. The third-order valence-electron chi connectivity index (χ3n) is 2.84. The molecule has 1 rings (SSSR count). The number of likely N-dealkylation sites (N-methyl/N-ethyl adjacent to an activating group) is 1. The van der Waals surface area contributed by atoms with Crippen LogP contribution in [0.5, 0.6) is 0 Å². The van der Waals surface area contributed by atoms with Gasteiger partial charge < -0.3 is 15.3 Å². The minimum atomic E-state index is -4.84. The molecule has 0 spiro atoms. The summed E-state index contributed by atoms with van der Waals surface area (Å²) in [7, 11) is 1.07. The highest BCUT2D eigenvalue weighted by Crippen LogP contribution is 2.23. The van der Waals surface area contributed by atoms with Crippen LogP contribution in [0.25, 0.3) is 0 Å². The molecule has 0 aliphatic carbocycles. The van der Waals surface area contributed by atoms with Crippen LogP contribution in [0.2, 0.25) is 0 Å². The summed E-state index contributed by atoms with van der Waals surface area (Å²) in [4.78, 5) is 22.4. The van der Waals surface area contributed by atoms with Crippen LogP contribution in [0.4, 0.5) is 29.3 Å². The van der Waals surface area contributed by atoms with Gasteiger partial charge in [0.15, 0.2) is 6.10 Å². The van der Waals surface area contributed by atoms with E-state index in [1.807, 2.05) is 0 Å². The molecule has 1 aromatic carbocycles. The molecule has 1 atom stereocenters. The second kappa shape index (κ2) is 6.60. The molecule has 0 bridgehead atoms. The molecular formula is C12H14F3N3O4. The molecule has 0 heterocycles. The van der Waals surface area contributed by atoms with E-state index in [1.54, 1.807) is 6.92 Å². The van der Waals surface area contributed by atoms with E-state index < -0.39 is 29.8 Å². The molecule has 2 amide bonds. The van der Waals surface area contributed by atoms with Crippen LogP contribution in [0.3, 0.4) is 0 Å². The van der Waals surface area contributed by atoms with Crippen molar-refractivity contribution in [2.45, 2.75) is 19.2 Å². The predicted octanol–water partition coefficient (Wildman–Crippen LogP) is 2.29. The highest BCUT2D eigenvalue weighted by molar-refractivity contribution is 5.90. The Hall–Kier alpha value is -2.36. The van der Waals surface area contributed by atoms with Crippen LogP contribution in [0.15, 0.2) is 18.2 Å². The van der Waals surface area contributed by atoms with Crippen molar-refractivity contribution in [1.29, 1.82) is 0 Å². The average Bonchev–Trinajstić information content (AvgIpc) is 2.39. The van der Waals surface area contributed by atoms with Crippen molar-refractivity contribution in [1.82, 2.24) is 4.90 Å². The second-order valence-corrected chi connectivity index (χ2v) is 4.62. The van der Waals surface area contributed by atoms with Crippen molar-refractivity contribution >= 4 is 17.4 Å². The van der Waals surface area contributed by atoms with Gasteiger partial charge in [0.2, 0.25) is 0 Å². The topological polar surface area (TPSA) is 95.7 Å². The number of nitro groups is 1. The van der Waals surface area contributed by atoms with Crippen LogP contribution in [0, 0.1) is 17.0 Å². The molecule has 1 aromatic rings. The number of aliphatic hydroxyl groups is 1. The number of benzene rings is 1. The lowest BCUT2D eigenvalue weighted by molar-refractivity contribution is -0.384. The van der Waals surface area contributed by atoms with Crippen LogP contribution in [-0.4, -0.2) is 46.8 Å². The fraction of sp³-hybridized carbons (Fsp3) is 0.417. The van der Waals surface area contributed by atoms with Crippen LogP contribution < -0.4 is 5.32 Å². The van der Waals surface area contributed by atoms with Gasteiger partial charge in [0.25, 0.3) is 5.69 Å². The van der Waals surface area contributed by atoms with E-state index in [1.165, 1.54) is 12.1 Å². The summed E-state index contributed by atoms with van der Waals surface area (Å²) in [5, 5.41) is 21.8. The summed E-state index contributed by atoms with van der Waals surface area (Å²) < 4.78 is 36.7. The van der Waals surface area contributed by atoms with Crippen molar-refractivity contribution in [3.63, 3.8) is 0 Å². The summed E-state index contributed by atoms with van der Waals surface area (Å²) in [6, 6.07) is 2.81. The molecule has 22 heavy (non-hydrogen) atoms. The molecule has 0 aromatic heterocycles. The molecule has 0 fully saturated rings. The van der Waals surface area contributed by atoms with Gasteiger partial charge in [-0.05, 0) is 12.5 Å². The molecule has 0 aliphatic heterocycles. The van der Waals surface area contributed by atoms with E-state index in [4.69, 9.17) is 5.11 Å². The van der Waals surface area contributed by atoms with Gasteiger partial charge in [-0.15, -0.1) is 0 Å². The molecule has 0 aliphatic rings. The number of carbonyl (C=O) groups excluding carboxylic acids is 1. The fourth-order valence-corrected chi connectivity index (χ4v) is 1.51. The first-order valence-electron chi connectivity index (χ1n) is 6.04. The number of rotatable bonds is 4. The van der Waals surface area contributed by atoms with E-state index in [0.29, 0.717) is 10.5 Å². The first kappa shape index (κ1) is 17.7. The van der Waals surface area contributed by atoms with E-state index in [0.717, 1.165) is 13.1 Å². The summed E-state index contributed by atoms with van der Waals surface area (Å²) >= 11 is 0. The number of hydrogen-bond donors (Lipinski definition) is 2. The number of aryl methyl sites for hydroxylation is 1. The molecule has 7 nitrogen and oxygen atoms in total. The van der Waals surface area contributed by atoms with Crippen LogP contribution in [-0.2, 0) is 0 Å². The Labute approximate surface area is 123 Å². The molecule has 1 unspecified atom stereocenters. The highest BCUT2D eigenvalue weighted by Gasteiger charge is 2.39. The number of nitrogens with zero attached hydrogens (tertiary/aromatic N) is 2. The molecule has 0 radical (unpaired) electrons. The predicted molar refractivity (Wildman–Crippen MR) is 71.5 cm³/mol. The number of anilines is 1. The molecular weight excluding hydrogens is 307 g/mol. The normalized spacial score (nSPS) is 12.6. The number of non-ortho nitro benzene ring substituents is 1. The highest BCUT2D eigenvalue weighted by atomic mass is 19.4. The minimum Gasteiger partial charge on any atom is -0.382 e. The summed E-state index contributed by atoms with van der Waals surface area (Å²) in [6.45, 7) is 0.618. The van der Waals surface area contributed by atoms with E-state index in [-0.39, 0.29) is 11.4 Å². The zero-order chi connectivity index (χ0) is 17.1. The lowest BCUT2D eigenvalue weighted by Gasteiger charge is -2.23. The Morgan fingerprint density at radius 1 is 1.50 bits per heavy atom. The average molecular weight is 321 g/mol. The van der Waals surface area contributed by atoms with Gasteiger partial charge in [-0.2, -0.15) is 13.2 Å². The third kappa shape index (κ3) is 4.58. The zero-order valence-electron chi connectivity index (χ0n) is 11.7. The largest absolute Gasteiger partial charge is 0.416 e. The number of alkyl halides is 3. The maximum atomic E-state index is 12.2. The van der Waals surface area contributed by atoms with E-state index in [9.17, 15) is 28.1 Å². The Balaban J connectivity index is 2.80. The zero-order valence-corrected chi connectivity index (χ0v) is 11.7. The Morgan fingerprint density at radius 3 is 2.59 bits per heavy atom. The smallest absolute Gasteiger partial charge is 0.382 e. The van der Waals surface area contributed by atoms with E-state index >= 15 is 0 Å². The van der Waals surface area contributed by atoms with Crippen molar-refractivity contribution < 1.29 is 28.0 Å². The van der Waals surface area contributed by atoms with Crippen LogP contribution in [0.1, 0.15) is 5.56 Å². The fourth-order valence-electron chi connectivity index (χ4n) is 1.51. The number of aliphatic hydroxyl groups excluding tert-OH is 1. The van der Waals surface area contributed by atoms with Crippen molar-refractivity contribution in [2.24, 2.45) is 0 Å². The quantitative estimate of drug-likeness (QED) is 0.657. The minimum absolute atomic E-state index is 0.104. The number of amides is 2.